The van der Waals surface area contributed by atoms with Gasteiger partial charge in [0.2, 0.25) is 0 Å². The minimum absolute atomic E-state index is 0.0218. The largest absolute Gasteiger partial charge is 0.442 e. The quantitative estimate of drug-likeness (QED) is 0.245. The number of hydrogen-bond donors (Lipinski definition) is 2. The second-order valence-corrected chi connectivity index (χ2v) is 7.40. The second kappa shape index (κ2) is 10.5. The fourth-order valence-electron chi connectivity index (χ4n) is 2.14. The number of ether oxygens (including phenoxy) is 1. The van der Waals surface area contributed by atoms with Crippen molar-refractivity contribution in [2.75, 3.05) is 6.54 Å². The molecule has 0 aliphatic rings. The zero-order valence-electron chi connectivity index (χ0n) is 15.1. The Morgan fingerprint density at radius 2 is 1.43 bits per heavy atom. The predicted octanol–water partition coefficient (Wildman–Crippen LogP) is 3.97. The molecule has 134 valence electrons. The van der Waals surface area contributed by atoms with E-state index in [-0.39, 0.29) is 17.9 Å². The van der Waals surface area contributed by atoms with Crippen LogP contribution in [0.1, 0.15) is 79.1 Å². The lowest BCUT2D eigenvalue weighted by molar-refractivity contribution is -0.156. The minimum atomic E-state index is -1.18. The van der Waals surface area contributed by atoms with Crippen LogP contribution in [0.4, 0.5) is 0 Å². The monoisotopic (exact) mass is 327 g/mol. The Morgan fingerprint density at radius 1 is 0.957 bits per heavy atom. The molecular formula is C17H33N3O3. The highest BCUT2D eigenvalue weighted by Gasteiger charge is 2.22. The van der Waals surface area contributed by atoms with Gasteiger partial charge in [-0.3, -0.25) is 15.3 Å². The molecule has 0 spiro atoms. The van der Waals surface area contributed by atoms with E-state index in [2.05, 4.69) is 5.11 Å². The van der Waals surface area contributed by atoms with Crippen LogP contribution in [0.3, 0.4) is 0 Å². The van der Waals surface area contributed by atoms with E-state index < -0.39 is 5.72 Å². The third kappa shape index (κ3) is 11.9. The molecule has 0 aliphatic heterocycles. The molecule has 0 aliphatic carbocycles. The molecule has 0 saturated heterocycles. The summed E-state index contributed by atoms with van der Waals surface area (Å²) in [5, 5.41) is 3.15. The Hall–Kier alpha value is -1.30. The minimum Gasteiger partial charge on any atom is -0.442 e. The molecule has 0 rings (SSSR count). The van der Waals surface area contributed by atoms with Crippen molar-refractivity contribution in [2.45, 2.75) is 84.8 Å². The molecule has 0 aromatic heterocycles. The number of nitrogens with two attached hydrogens (primary N) is 1. The molecular weight excluding hydrogens is 294 g/mol. The van der Waals surface area contributed by atoms with E-state index in [9.17, 15) is 9.59 Å². The van der Waals surface area contributed by atoms with Crippen LogP contribution in [0.5, 0.6) is 0 Å². The number of rotatable bonds is 12. The van der Waals surface area contributed by atoms with E-state index in [0.29, 0.717) is 18.6 Å². The van der Waals surface area contributed by atoms with Gasteiger partial charge in [0.05, 0.1) is 0 Å². The summed E-state index contributed by atoms with van der Waals surface area (Å²) in [5.74, 6) is -0.0149. The van der Waals surface area contributed by atoms with Crippen LogP contribution in [-0.4, -0.2) is 24.0 Å². The van der Waals surface area contributed by atoms with Crippen molar-refractivity contribution in [3.05, 3.63) is 0 Å². The Labute approximate surface area is 140 Å². The zero-order valence-corrected chi connectivity index (χ0v) is 15.1. The molecule has 1 unspecified atom stereocenters. The summed E-state index contributed by atoms with van der Waals surface area (Å²) in [6, 6.07) is 0. The van der Waals surface area contributed by atoms with Gasteiger partial charge in [-0.25, -0.2) is 5.53 Å². The first-order chi connectivity index (χ1) is 10.6. The van der Waals surface area contributed by atoms with Crippen LogP contribution in [0.15, 0.2) is 5.11 Å². The number of esters is 1. The summed E-state index contributed by atoms with van der Waals surface area (Å²) in [6.45, 7) is 7.39. The first-order valence-corrected chi connectivity index (χ1v) is 8.46. The molecule has 6 nitrogen and oxygen atoms in total. The summed E-state index contributed by atoms with van der Waals surface area (Å²) in [5.41, 5.74) is 11.0. The number of hydrogen-bond acceptors (Lipinski definition) is 6. The molecule has 6 heteroatoms. The highest BCUT2D eigenvalue weighted by molar-refractivity contribution is 5.83. The Bertz CT molecular complexity index is 387. The number of carbonyl (C=O) groups excluding carboxylic acids is 2. The summed E-state index contributed by atoms with van der Waals surface area (Å²) in [7, 11) is 0. The molecule has 23 heavy (non-hydrogen) atoms. The third-order valence-electron chi connectivity index (χ3n) is 3.61. The summed E-state index contributed by atoms with van der Waals surface area (Å²) in [6.07, 6.45) is 6.87. The van der Waals surface area contributed by atoms with Crippen molar-refractivity contribution < 1.29 is 14.3 Å². The third-order valence-corrected chi connectivity index (χ3v) is 3.61. The normalized spacial score (nSPS) is 14.1. The number of nitrogens with zero attached hydrogens (tertiary/aromatic N) is 1. The van der Waals surface area contributed by atoms with Crippen molar-refractivity contribution in [2.24, 2.45) is 16.3 Å². The van der Waals surface area contributed by atoms with Crippen molar-refractivity contribution in [3.8, 4) is 0 Å². The Kier molecular flexibility index (Phi) is 9.88. The number of Topliss-reactive ketones (excluding diaryl/α,β-unsaturated/α-hetero) is 1. The lowest BCUT2D eigenvalue weighted by atomic mass is 9.88. The van der Waals surface area contributed by atoms with Crippen LogP contribution >= 0.6 is 0 Å². The summed E-state index contributed by atoms with van der Waals surface area (Å²) in [4.78, 5) is 23.4. The lowest BCUT2D eigenvalue weighted by Crippen LogP contribution is -2.44. The van der Waals surface area contributed by atoms with Gasteiger partial charge >= 0.3 is 5.97 Å². The fourth-order valence-corrected chi connectivity index (χ4v) is 2.14. The van der Waals surface area contributed by atoms with Crippen LogP contribution in [0, 0.1) is 10.9 Å². The van der Waals surface area contributed by atoms with Gasteiger partial charge in [-0.15, -0.1) is 0 Å². The Morgan fingerprint density at radius 3 is 1.91 bits per heavy atom. The van der Waals surface area contributed by atoms with Crippen molar-refractivity contribution in [1.82, 2.24) is 0 Å². The van der Waals surface area contributed by atoms with Crippen LogP contribution in [-0.2, 0) is 14.3 Å². The van der Waals surface area contributed by atoms with Gasteiger partial charge in [-0.2, -0.15) is 5.11 Å². The molecule has 0 fully saturated rings. The van der Waals surface area contributed by atoms with Crippen molar-refractivity contribution >= 4 is 11.8 Å². The number of unbranched alkanes of at least 4 members (excludes halogenated alkanes) is 5. The maximum atomic E-state index is 11.8. The number of nitrogens with one attached hydrogen (secondary N) is 1. The fraction of sp³-hybridized carbons (Fsp3) is 0.882. The predicted molar refractivity (Wildman–Crippen MR) is 90.1 cm³/mol. The maximum absolute atomic E-state index is 11.8. The van der Waals surface area contributed by atoms with Gasteiger partial charge in [-0.1, -0.05) is 46.5 Å². The number of ketones is 1. The van der Waals surface area contributed by atoms with Gasteiger partial charge in [0.1, 0.15) is 12.3 Å². The molecule has 0 bridgehead atoms. The standard InChI is InChI=1S/C17H33N3O3/c1-16(2,3)14(21)11-9-7-5-6-8-10-12-15(22)23-17(4,18)13-20-19/h19H,5-13,18H2,1-4H3. The first kappa shape index (κ1) is 21.7. The van der Waals surface area contributed by atoms with Crippen LogP contribution < -0.4 is 5.73 Å². The first-order valence-electron chi connectivity index (χ1n) is 8.46. The maximum Gasteiger partial charge on any atom is 0.307 e. The van der Waals surface area contributed by atoms with Gasteiger partial charge < -0.3 is 4.74 Å². The van der Waals surface area contributed by atoms with Crippen molar-refractivity contribution in [3.63, 3.8) is 0 Å². The second-order valence-electron chi connectivity index (χ2n) is 7.40. The summed E-state index contributed by atoms with van der Waals surface area (Å²) < 4.78 is 5.07. The van der Waals surface area contributed by atoms with Gasteiger partial charge in [0.15, 0.2) is 5.72 Å². The van der Waals surface area contributed by atoms with Gasteiger partial charge in [0.25, 0.3) is 0 Å². The van der Waals surface area contributed by atoms with E-state index in [1.165, 1.54) is 0 Å². The molecule has 0 amide bonds. The zero-order chi connectivity index (χ0) is 17.9. The average molecular weight is 327 g/mol. The van der Waals surface area contributed by atoms with Crippen LogP contribution in [0.2, 0.25) is 0 Å². The van der Waals surface area contributed by atoms with E-state index in [4.69, 9.17) is 16.0 Å². The lowest BCUT2D eigenvalue weighted by Gasteiger charge is -2.22. The summed E-state index contributed by atoms with van der Waals surface area (Å²) >= 11 is 0. The van der Waals surface area contributed by atoms with E-state index >= 15 is 0 Å². The number of carbonyl (C=O) groups is 2. The smallest absolute Gasteiger partial charge is 0.307 e. The molecule has 3 N–H and O–H groups in total. The van der Waals surface area contributed by atoms with Crippen LogP contribution in [0.25, 0.3) is 0 Å². The van der Waals surface area contributed by atoms with Gasteiger partial charge in [-0.05, 0) is 19.8 Å². The van der Waals surface area contributed by atoms with E-state index in [1.807, 2.05) is 20.8 Å². The average Bonchev–Trinajstić information content (AvgIpc) is 2.39. The van der Waals surface area contributed by atoms with E-state index in [1.54, 1.807) is 6.92 Å². The molecule has 0 heterocycles. The highest BCUT2D eigenvalue weighted by atomic mass is 16.6. The molecule has 0 aromatic carbocycles. The van der Waals surface area contributed by atoms with E-state index in [0.717, 1.165) is 38.5 Å². The van der Waals surface area contributed by atoms with Crippen molar-refractivity contribution in [1.29, 1.82) is 5.53 Å². The molecule has 0 aromatic rings. The molecule has 0 radical (unpaired) electrons. The Balaban J connectivity index is 3.58. The SMILES string of the molecule is CC(N)(CN=N)OC(=O)CCCCCCCCC(=O)C(C)(C)C. The molecule has 0 saturated carbocycles. The van der Waals surface area contributed by atoms with Gasteiger partial charge in [0, 0.05) is 18.3 Å². The molecule has 1 atom stereocenters. The topological polar surface area (TPSA) is 106 Å². The highest BCUT2D eigenvalue weighted by Crippen LogP contribution is 2.19.